The van der Waals surface area contributed by atoms with Crippen LogP contribution in [-0.2, 0) is 0 Å². The molecule has 0 aromatic heterocycles. The van der Waals surface area contributed by atoms with Crippen LogP contribution in [0.25, 0.3) is 0 Å². The van der Waals surface area contributed by atoms with Crippen LogP contribution in [0.1, 0.15) is 19.4 Å². The van der Waals surface area contributed by atoms with E-state index in [9.17, 15) is 4.39 Å². The van der Waals surface area contributed by atoms with Gasteiger partial charge in [-0.05, 0) is 44.5 Å². The summed E-state index contributed by atoms with van der Waals surface area (Å²) in [6, 6.07) is 8.77. The van der Waals surface area contributed by atoms with Crippen LogP contribution in [0.2, 0.25) is 0 Å². The first-order chi connectivity index (χ1) is 9.85. The van der Waals surface area contributed by atoms with Gasteiger partial charge in [0.05, 0.1) is 17.5 Å². The fourth-order valence-electron chi connectivity index (χ4n) is 1.99. The van der Waals surface area contributed by atoms with Crippen molar-refractivity contribution < 1.29 is 9.13 Å². The molecule has 0 amide bonds. The Kier molecular flexibility index (Phi) is 4.73. The van der Waals surface area contributed by atoms with E-state index < -0.39 is 5.82 Å². The Bertz CT molecular complexity index is 639. The summed E-state index contributed by atoms with van der Waals surface area (Å²) in [5.41, 5.74) is 8.80. The van der Waals surface area contributed by atoms with Gasteiger partial charge in [-0.15, -0.1) is 0 Å². The number of nitrogens with two attached hydrogens (primary N) is 1. The molecular weight excluding hydrogens is 335 g/mol. The topological polar surface area (TPSA) is 47.3 Å². The summed E-state index contributed by atoms with van der Waals surface area (Å²) < 4.78 is 20.2. The summed E-state index contributed by atoms with van der Waals surface area (Å²) in [5, 5.41) is 3.19. The molecule has 0 fully saturated rings. The first kappa shape index (κ1) is 15.6. The lowest BCUT2D eigenvalue weighted by Crippen LogP contribution is -2.08. The molecule has 5 heteroatoms. The molecule has 0 saturated carbocycles. The van der Waals surface area contributed by atoms with E-state index >= 15 is 0 Å². The molecule has 0 heterocycles. The second kappa shape index (κ2) is 6.35. The molecule has 0 unspecified atom stereocenters. The van der Waals surface area contributed by atoms with Crippen molar-refractivity contribution in [1.82, 2.24) is 0 Å². The van der Waals surface area contributed by atoms with Crippen LogP contribution in [0.3, 0.4) is 0 Å². The highest BCUT2D eigenvalue weighted by molar-refractivity contribution is 9.10. The Labute approximate surface area is 132 Å². The second-order valence-corrected chi connectivity index (χ2v) is 6.09. The maximum Gasteiger partial charge on any atom is 0.167 e. The Balaban J connectivity index is 2.34. The molecule has 0 radical (unpaired) electrons. The van der Waals surface area contributed by atoms with E-state index in [0.29, 0.717) is 11.4 Å². The van der Waals surface area contributed by atoms with E-state index in [-0.39, 0.29) is 11.9 Å². The Morgan fingerprint density at radius 2 is 1.90 bits per heavy atom. The number of halogens is 2. The molecule has 0 saturated heterocycles. The number of ether oxygens (including phenoxy) is 1. The second-order valence-electron chi connectivity index (χ2n) is 5.18. The van der Waals surface area contributed by atoms with Crippen molar-refractivity contribution in [1.29, 1.82) is 0 Å². The average Bonchev–Trinajstić information content (AvgIpc) is 2.33. The predicted octanol–water partition coefficient (Wildman–Crippen LogP) is 5.01. The van der Waals surface area contributed by atoms with E-state index in [2.05, 4.69) is 21.2 Å². The summed E-state index contributed by atoms with van der Waals surface area (Å²) in [6.45, 7) is 5.69. The third-order valence-electron chi connectivity index (χ3n) is 2.79. The van der Waals surface area contributed by atoms with E-state index in [1.54, 1.807) is 6.07 Å². The molecule has 2 rings (SSSR count). The van der Waals surface area contributed by atoms with Gasteiger partial charge in [-0.2, -0.15) is 0 Å². The fraction of sp³-hybridized carbons (Fsp3) is 0.250. The highest BCUT2D eigenvalue weighted by atomic mass is 79.9. The van der Waals surface area contributed by atoms with Crippen LogP contribution in [0.4, 0.5) is 21.5 Å². The quantitative estimate of drug-likeness (QED) is 0.760. The van der Waals surface area contributed by atoms with E-state index in [4.69, 9.17) is 10.5 Å². The minimum Gasteiger partial charge on any atom is -0.488 e. The molecule has 21 heavy (non-hydrogen) atoms. The zero-order chi connectivity index (χ0) is 15.6. The number of anilines is 3. The zero-order valence-electron chi connectivity index (χ0n) is 12.2. The lowest BCUT2D eigenvalue weighted by Gasteiger charge is -2.15. The van der Waals surface area contributed by atoms with Gasteiger partial charge < -0.3 is 15.8 Å². The number of nitrogens with one attached hydrogen (secondary N) is 1. The number of nitrogen functional groups attached to an aromatic ring is 1. The maximum absolute atomic E-state index is 13.8. The van der Waals surface area contributed by atoms with Gasteiger partial charge in [0.15, 0.2) is 11.6 Å². The molecule has 0 aliphatic rings. The molecule has 3 nitrogen and oxygen atoms in total. The Morgan fingerprint density at radius 1 is 1.19 bits per heavy atom. The van der Waals surface area contributed by atoms with Gasteiger partial charge in [0.2, 0.25) is 0 Å². The molecule has 0 spiro atoms. The van der Waals surface area contributed by atoms with Crippen LogP contribution in [0.15, 0.2) is 34.8 Å². The van der Waals surface area contributed by atoms with E-state index in [0.717, 1.165) is 15.7 Å². The van der Waals surface area contributed by atoms with Gasteiger partial charge >= 0.3 is 0 Å². The smallest absolute Gasteiger partial charge is 0.167 e. The third kappa shape index (κ3) is 4.11. The molecule has 0 atom stereocenters. The molecule has 0 aliphatic heterocycles. The van der Waals surface area contributed by atoms with E-state index in [1.807, 2.05) is 39.0 Å². The van der Waals surface area contributed by atoms with Gasteiger partial charge in [0.1, 0.15) is 0 Å². The fourth-order valence-corrected chi connectivity index (χ4v) is 2.59. The van der Waals surface area contributed by atoms with Crippen molar-refractivity contribution in [2.45, 2.75) is 26.9 Å². The van der Waals surface area contributed by atoms with Crippen LogP contribution in [0.5, 0.6) is 5.75 Å². The number of hydrogen-bond donors (Lipinski definition) is 2. The van der Waals surface area contributed by atoms with Gasteiger partial charge in [-0.25, -0.2) is 4.39 Å². The van der Waals surface area contributed by atoms with Gasteiger partial charge in [0.25, 0.3) is 0 Å². The van der Waals surface area contributed by atoms with Crippen LogP contribution in [0, 0.1) is 12.7 Å². The Hall–Kier alpha value is -1.75. The van der Waals surface area contributed by atoms with Crippen LogP contribution in [-0.4, -0.2) is 6.10 Å². The monoisotopic (exact) mass is 352 g/mol. The van der Waals surface area contributed by atoms with Crippen LogP contribution >= 0.6 is 15.9 Å². The van der Waals surface area contributed by atoms with Gasteiger partial charge in [0, 0.05) is 22.3 Å². The third-order valence-corrected chi connectivity index (χ3v) is 3.25. The molecule has 2 aromatic carbocycles. The minimum absolute atomic E-state index is 0.107. The molecule has 2 aromatic rings. The first-order valence-corrected chi connectivity index (χ1v) is 7.44. The van der Waals surface area contributed by atoms with Crippen molar-refractivity contribution in [3.05, 3.63) is 46.2 Å². The average molecular weight is 353 g/mol. The highest BCUT2D eigenvalue weighted by Crippen LogP contribution is 2.32. The summed E-state index contributed by atoms with van der Waals surface area (Å²) >= 11 is 3.45. The van der Waals surface area contributed by atoms with Crippen molar-refractivity contribution in [3.8, 4) is 5.75 Å². The van der Waals surface area contributed by atoms with Gasteiger partial charge in [-0.3, -0.25) is 0 Å². The SMILES string of the molecule is Cc1cc(Br)cc(Nc2cc(OC(C)C)c(F)cc2N)c1. The molecule has 112 valence electrons. The summed E-state index contributed by atoms with van der Waals surface area (Å²) in [7, 11) is 0. The van der Waals surface area contributed by atoms with E-state index in [1.165, 1.54) is 6.07 Å². The van der Waals surface area contributed by atoms with Crippen molar-refractivity contribution in [2.24, 2.45) is 0 Å². The van der Waals surface area contributed by atoms with Crippen LogP contribution < -0.4 is 15.8 Å². The molecule has 0 bridgehead atoms. The number of rotatable bonds is 4. The Morgan fingerprint density at radius 3 is 2.52 bits per heavy atom. The first-order valence-electron chi connectivity index (χ1n) is 6.65. The molecular formula is C16H18BrFN2O. The largest absolute Gasteiger partial charge is 0.488 e. The number of hydrogen-bond acceptors (Lipinski definition) is 3. The van der Waals surface area contributed by atoms with Gasteiger partial charge in [-0.1, -0.05) is 15.9 Å². The number of aryl methyl sites for hydroxylation is 1. The van der Waals surface area contributed by atoms with Crippen molar-refractivity contribution >= 4 is 33.0 Å². The van der Waals surface area contributed by atoms with Crippen molar-refractivity contribution in [2.75, 3.05) is 11.1 Å². The molecule has 3 N–H and O–H groups in total. The van der Waals surface area contributed by atoms with Crippen molar-refractivity contribution in [3.63, 3.8) is 0 Å². The zero-order valence-corrected chi connectivity index (χ0v) is 13.8. The highest BCUT2D eigenvalue weighted by Gasteiger charge is 2.11. The summed E-state index contributed by atoms with van der Waals surface area (Å²) in [4.78, 5) is 0. The molecule has 0 aliphatic carbocycles. The maximum atomic E-state index is 13.8. The normalized spacial score (nSPS) is 10.8. The lowest BCUT2D eigenvalue weighted by molar-refractivity contribution is 0.231. The standard InChI is InChI=1S/C16H18BrFN2O/c1-9(2)21-16-8-15(14(19)7-13(16)18)20-12-5-10(3)4-11(17)6-12/h4-9,20H,19H2,1-3H3. The minimum atomic E-state index is -0.461. The predicted molar refractivity (Wildman–Crippen MR) is 88.7 cm³/mol. The lowest BCUT2D eigenvalue weighted by atomic mass is 10.2. The number of benzene rings is 2. The summed E-state index contributed by atoms with van der Waals surface area (Å²) in [6.07, 6.45) is -0.107. The summed E-state index contributed by atoms with van der Waals surface area (Å²) in [5.74, 6) is -0.273.